The fourth-order valence-corrected chi connectivity index (χ4v) is 4.45. The molecule has 3 nitrogen and oxygen atoms in total. The fourth-order valence-electron chi connectivity index (χ4n) is 3.89. The second-order valence-electron chi connectivity index (χ2n) is 8.56. The fraction of sp³-hybridized carbons (Fsp3) is 0.125. The molecule has 39 heavy (non-hydrogen) atoms. The molecule has 1 aromatic heterocycles. The lowest BCUT2D eigenvalue weighted by molar-refractivity contribution is 0.445. The van der Waals surface area contributed by atoms with Crippen LogP contribution in [0.1, 0.15) is 18.1 Å². The number of allylic oxidation sites excluding steroid dienone is 4. The van der Waals surface area contributed by atoms with Gasteiger partial charge in [-0.2, -0.15) is 0 Å². The van der Waals surface area contributed by atoms with Crippen LogP contribution in [0.3, 0.4) is 0 Å². The van der Waals surface area contributed by atoms with E-state index in [4.69, 9.17) is 0 Å². The topological polar surface area (TPSA) is 39.8 Å². The van der Waals surface area contributed by atoms with E-state index in [-0.39, 0.29) is 6.42 Å². The van der Waals surface area contributed by atoms with Crippen LogP contribution in [0.5, 0.6) is 0 Å². The Morgan fingerprint density at radius 1 is 1.13 bits per heavy atom. The third-order valence-electron chi connectivity index (χ3n) is 5.74. The zero-order valence-electron chi connectivity index (χ0n) is 21.9. The van der Waals surface area contributed by atoms with Crippen LogP contribution >= 0.6 is 11.8 Å². The first-order valence-electron chi connectivity index (χ1n) is 12.3. The first kappa shape index (κ1) is 29.5. The van der Waals surface area contributed by atoms with E-state index >= 15 is 0 Å². The molecule has 2 aromatic carbocycles. The number of thioether (sulfide) groups is 1. The van der Waals surface area contributed by atoms with Crippen molar-refractivity contribution in [3.63, 3.8) is 0 Å². The molecule has 0 saturated heterocycles. The van der Waals surface area contributed by atoms with E-state index in [0.717, 1.165) is 44.9 Å². The summed E-state index contributed by atoms with van der Waals surface area (Å²) in [6.45, 7) is 14.3. The number of aromatic nitrogens is 1. The normalized spacial score (nSPS) is 12.8. The summed E-state index contributed by atoms with van der Waals surface area (Å²) in [4.78, 5) is 3.36. The Bertz CT molecular complexity index is 1540. The van der Waals surface area contributed by atoms with E-state index in [1.54, 1.807) is 30.1 Å². The number of hydrogen-bond acceptors (Lipinski definition) is 3. The number of halogens is 3. The molecule has 0 radical (unpaired) electrons. The second-order valence-corrected chi connectivity index (χ2v) is 9.50. The number of H-pyrrole nitrogens is 1. The van der Waals surface area contributed by atoms with Crippen molar-refractivity contribution < 1.29 is 13.2 Å². The Morgan fingerprint density at radius 2 is 1.90 bits per heavy atom. The molecule has 7 heteroatoms. The Labute approximate surface area is 231 Å². The summed E-state index contributed by atoms with van der Waals surface area (Å²) in [6, 6.07) is 8.20. The monoisotopic (exact) mass is 547 g/mol. The van der Waals surface area contributed by atoms with Crippen molar-refractivity contribution in [2.24, 2.45) is 0 Å². The van der Waals surface area contributed by atoms with Crippen molar-refractivity contribution >= 4 is 41.4 Å². The van der Waals surface area contributed by atoms with Gasteiger partial charge in [0.05, 0.1) is 0 Å². The number of fused-ring (bicyclic) bond motifs is 1. The Kier molecular flexibility index (Phi) is 11.1. The number of nitrogens with one attached hydrogen (secondary N) is 3. The van der Waals surface area contributed by atoms with E-state index in [1.165, 1.54) is 6.20 Å². The van der Waals surface area contributed by atoms with Gasteiger partial charge >= 0.3 is 0 Å². The molecule has 0 saturated carbocycles. The highest BCUT2D eigenvalue weighted by atomic mass is 32.2. The van der Waals surface area contributed by atoms with Gasteiger partial charge < -0.3 is 15.6 Å². The van der Waals surface area contributed by atoms with Crippen LogP contribution in [0.2, 0.25) is 0 Å². The molecule has 3 rings (SSSR count). The summed E-state index contributed by atoms with van der Waals surface area (Å²) < 4.78 is 40.8. The molecule has 1 heterocycles. The molecule has 202 valence electrons. The largest absolute Gasteiger partial charge is 0.382 e. The van der Waals surface area contributed by atoms with Gasteiger partial charge in [0.15, 0.2) is 17.5 Å². The van der Waals surface area contributed by atoms with Crippen molar-refractivity contribution in [1.29, 1.82) is 0 Å². The highest BCUT2D eigenvalue weighted by molar-refractivity contribution is 8.02. The Hall–Kier alpha value is -4.10. The Morgan fingerprint density at radius 3 is 2.62 bits per heavy atom. The summed E-state index contributed by atoms with van der Waals surface area (Å²) >= 11 is 1.73. The summed E-state index contributed by atoms with van der Waals surface area (Å²) in [7, 11) is 0. The van der Waals surface area contributed by atoms with Crippen LogP contribution in [-0.4, -0.2) is 17.3 Å². The van der Waals surface area contributed by atoms with E-state index < -0.39 is 17.5 Å². The maximum absolute atomic E-state index is 13.7. The minimum Gasteiger partial charge on any atom is -0.382 e. The van der Waals surface area contributed by atoms with Gasteiger partial charge in [-0.15, -0.1) is 11.8 Å². The summed E-state index contributed by atoms with van der Waals surface area (Å²) in [5.74, 6) is -3.06. The van der Waals surface area contributed by atoms with E-state index in [2.05, 4.69) is 65.0 Å². The third kappa shape index (κ3) is 8.45. The molecule has 0 spiro atoms. The molecule has 0 aliphatic rings. The summed E-state index contributed by atoms with van der Waals surface area (Å²) in [5, 5.41) is 11.3. The van der Waals surface area contributed by atoms with E-state index in [0.29, 0.717) is 23.4 Å². The third-order valence-corrected chi connectivity index (χ3v) is 6.56. The van der Waals surface area contributed by atoms with E-state index in [9.17, 15) is 13.2 Å². The maximum Gasteiger partial charge on any atom is 0.194 e. The smallest absolute Gasteiger partial charge is 0.194 e. The molecule has 0 unspecified atom stereocenters. The molecule has 3 aromatic rings. The van der Waals surface area contributed by atoms with Crippen LogP contribution in [0.4, 0.5) is 13.2 Å². The zero-order valence-corrected chi connectivity index (χ0v) is 22.7. The molecule has 0 fully saturated rings. The van der Waals surface area contributed by atoms with Crippen LogP contribution in [0.15, 0.2) is 96.9 Å². The SMILES string of the molecule is C=CN/C=C\C=C(/Cc1cc(F)c(F)c(F)c1)C(=C)NC/C=C/c1ccc2/c(=C/CS/C=C\C)c(=C)[nH]c2c1. The van der Waals surface area contributed by atoms with Gasteiger partial charge in [-0.3, -0.25) is 0 Å². The number of benzene rings is 2. The lowest BCUT2D eigenvalue weighted by atomic mass is 10.0. The number of hydrogen-bond donors (Lipinski definition) is 3. The van der Waals surface area contributed by atoms with Crippen molar-refractivity contribution in [3.8, 4) is 0 Å². The first-order chi connectivity index (χ1) is 18.8. The molecular formula is C32H32F3N3S. The molecule has 0 aliphatic heterocycles. The quantitative estimate of drug-likeness (QED) is 0.129. The molecular weight excluding hydrogens is 515 g/mol. The average Bonchev–Trinajstić information content (AvgIpc) is 3.23. The minimum atomic E-state index is -1.48. The van der Waals surface area contributed by atoms with Crippen LogP contribution in [-0.2, 0) is 6.42 Å². The van der Waals surface area contributed by atoms with Crippen molar-refractivity contribution in [2.45, 2.75) is 13.3 Å². The van der Waals surface area contributed by atoms with Crippen molar-refractivity contribution in [2.75, 3.05) is 12.3 Å². The van der Waals surface area contributed by atoms with Crippen molar-refractivity contribution in [1.82, 2.24) is 15.6 Å². The summed E-state index contributed by atoms with van der Waals surface area (Å²) in [5.41, 5.74) is 3.60. The van der Waals surface area contributed by atoms with Crippen LogP contribution in [0, 0.1) is 17.5 Å². The molecule has 0 amide bonds. The van der Waals surface area contributed by atoms with Gasteiger partial charge in [0.1, 0.15) is 0 Å². The lowest BCUT2D eigenvalue weighted by Crippen LogP contribution is -2.20. The molecule has 3 N–H and O–H groups in total. The first-order valence-corrected chi connectivity index (χ1v) is 13.4. The highest BCUT2D eigenvalue weighted by Crippen LogP contribution is 2.19. The van der Waals surface area contributed by atoms with Crippen LogP contribution < -0.4 is 21.2 Å². The van der Waals surface area contributed by atoms with Crippen molar-refractivity contribution in [3.05, 3.63) is 136 Å². The molecule has 0 atom stereocenters. The van der Waals surface area contributed by atoms with Gasteiger partial charge in [-0.25, -0.2) is 13.2 Å². The van der Waals surface area contributed by atoms with Gasteiger partial charge in [0.25, 0.3) is 0 Å². The van der Waals surface area contributed by atoms with Gasteiger partial charge in [0.2, 0.25) is 0 Å². The number of aromatic amines is 1. The predicted molar refractivity (Wildman–Crippen MR) is 162 cm³/mol. The van der Waals surface area contributed by atoms with Gasteiger partial charge in [0, 0.05) is 45.7 Å². The zero-order chi connectivity index (χ0) is 28.2. The standard InChI is InChI=1S/C32H32F3N3S/c1-5-16-39-17-13-27-23(4)38-31-21-24(11-12-28(27)31)9-7-15-37-22(3)26(10-8-14-36-6-2)18-25-19-29(33)32(35)30(34)20-25/h5-14,16,19-21,36-38H,2-4,15,17-18H2,1H3/b9-7+,14-8-,16-5-,26-10+,27-13+. The number of rotatable bonds is 13. The average molecular weight is 548 g/mol. The summed E-state index contributed by atoms with van der Waals surface area (Å²) in [6.07, 6.45) is 15.0. The van der Waals surface area contributed by atoms with Gasteiger partial charge in [-0.1, -0.05) is 62.2 Å². The van der Waals surface area contributed by atoms with E-state index in [1.807, 2.05) is 25.2 Å². The lowest BCUT2D eigenvalue weighted by Gasteiger charge is -2.13. The maximum atomic E-state index is 13.7. The van der Waals surface area contributed by atoms with Gasteiger partial charge in [-0.05, 0) is 65.9 Å². The second kappa shape index (κ2) is 14.7. The highest BCUT2D eigenvalue weighted by Gasteiger charge is 2.12. The predicted octanol–water partition coefficient (Wildman–Crippen LogP) is 6.58. The van der Waals surface area contributed by atoms with Crippen LogP contribution in [0.25, 0.3) is 29.6 Å². The minimum absolute atomic E-state index is 0.158. The Balaban J connectivity index is 1.69. The molecule has 0 aliphatic carbocycles. The molecule has 0 bridgehead atoms.